The summed E-state index contributed by atoms with van der Waals surface area (Å²) in [6.45, 7) is 0. The Morgan fingerprint density at radius 2 is 1.47 bits per heavy atom. The minimum atomic E-state index is -3.81. The minimum absolute atomic E-state index is 0.114. The van der Waals surface area contributed by atoms with Crippen molar-refractivity contribution in [2.24, 2.45) is 0 Å². The number of para-hydroxylation sites is 1. The summed E-state index contributed by atoms with van der Waals surface area (Å²) in [5.74, 6) is 2.33. The van der Waals surface area contributed by atoms with Gasteiger partial charge in [-0.25, -0.2) is 8.42 Å². The molecule has 192 valence electrons. The molecule has 8 heteroatoms. The molecular formula is C30H26N2O5S. The molecule has 1 heterocycles. The third kappa shape index (κ3) is 5.55. The number of pyridine rings is 1. The Morgan fingerprint density at radius 1 is 0.763 bits per heavy atom. The van der Waals surface area contributed by atoms with E-state index >= 15 is 0 Å². The van der Waals surface area contributed by atoms with E-state index in [4.69, 9.17) is 14.2 Å². The molecule has 1 aromatic heterocycles. The van der Waals surface area contributed by atoms with Gasteiger partial charge in [-0.1, -0.05) is 36.4 Å². The SMILES string of the molecule is COc1cc2nccc(Cc3ccc(NS(=O)(=O)c4cccc(Oc5ccccc5)c4)cc3)c2cc1OC. The summed E-state index contributed by atoms with van der Waals surface area (Å²) in [7, 11) is -0.608. The number of ether oxygens (including phenoxy) is 3. The number of benzene rings is 4. The molecule has 38 heavy (non-hydrogen) atoms. The molecule has 0 radical (unpaired) electrons. The Bertz CT molecular complexity index is 1670. The Kier molecular flexibility index (Phi) is 7.15. The molecule has 0 aliphatic carbocycles. The Hall–Kier alpha value is -4.56. The van der Waals surface area contributed by atoms with E-state index in [9.17, 15) is 8.42 Å². The van der Waals surface area contributed by atoms with Crippen LogP contribution in [0.2, 0.25) is 0 Å². The van der Waals surface area contributed by atoms with Crippen molar-refractivity contribution in [3.8, 4) is 23.0 Å². The highest BCUT2D eigenvalue weighted by molar-refractivity contribution is 7.92. The van der Waals surface area contributed by atoms with Crippen molar-refractivity contribution in [3.05, 3.63) is 114 Å². The monoisotopic (exact) mass is 526 g/mol. The number of anilines is 1. The second-order valence-electron chi connectivity index (χ2n) is 8.56. The molecule has 0 spiro atoms. The lowest BCUT2D eigenvalue weighted by molar-refractivity contribution is 0.356. The summed E-state index contributed by atoms with van der Waals surface area (Å²) in [6.07, 6.45) is 2.40. The maximum atomic E-state index is 13.0. The van der Waals surface area contributed by atoms with Gasteiger partial charge in [0.05, 0.1) is 24.6 Å². The Labute approximate surface area is 221 Å². The Morgan fingerprint density at radius 3 is 2.21 bits per heavy atom. The number of nitrogens with zero attached hydrogens (tertiary/aromatic N) is 1. The van der Waals surface area contributed by atoms with Gasteiger partial charge in [0.2, 0.25) is 0 Å². The highest BCUT2D eigenvalue weighted by atomic mass is 32.2. The smallest absolute Gasteiger partial charge is 0.262 e. The van der Waals surface area contributed by atoms with Crippen molar-refractivity contribution in [2.45, 2.75) is 11.3 Å². The predicted octanol–water partition coefficient (Wildman–Crippen LogP) is 6.44. The standard InChI is InChI=1S/C30H26N2O5S/c1-35-29-19-27-22(15-16-31-28(27)20-30(29)36-2)17-21-11-13-23(14-12-21)32-38(33,34)26-10-6-9-25(18-26)37-24-7-4-3-5-8-24/h3-16,18-20,32H,17H2,1-2H3. The Balaban J connectivity index is 1.32. The molecule has 0 bridgehead atoms. The fraction of sp³-hybridized carbons (Fsp3) is 0.100. The first kappa shape index (κ1) is 25.1. The van der Waals surface area contributed by atoms with Crippen molar-refractivity contribution < 1.29 is 22.6 Å². The first-order valence-corrected chi connectivity index (χ1v) is 13.4. The van der Waals surface area contributed by atoms with Crippen LogP contribution in [0.5, 0.6) is 23.0 Å². The van der Waals surface area contributed by atoms with Gasteiger partial charge in [0, 0.05) is 29.4 Å². The van der Waals surface area contributed by atoms with Crippen LogP contribution in [0.1, 0.15) is 11.1 Å². The quantitative estimate of drug-likeness (QED) is 0.238. The number of methoxy groups -OCH3 is 2. The lowest BCUT2D eigenvalue weighted by atomic mass is 10.0. The normalized spacial score (nSPS) is 11.2. The summed E-state index contributed by atoms with van der Waals surface area (Å²) < 4.78 is 45.4. The second-order valence-corrected chi connectivity index (χ2v) is 10.2. The zero-order valence-corrected chi connectivity index (χ0v) is 21.7. The number of rotatable bonds is 9. The van der Waals surface area contributed by atoms with Gasteiger partial charge in [-0.2, -0.15) is 0 Å². The third-order valence-corrected chi connectivity index (χ3v) is 7.41. The summed E-state index contributed by atoms with van der Waals surface area (Å²) in [6, 6.07) is 28.7. The molecule has 0 fully saturated rings. The molecule has 1 N–H and O–H groups in total. The van der Waals surface area contributed by atoms with Crippen molar-refractivity contribution in [2.75, 3.05) is 18.9 Å². The van der Waals surface area contributed by atoms with E-state index < -0.39 is 10.0 Å². The number of aromatic nitrogens is 1. The number of sulfonamides is 1. The molecule has 0 saturated carbocycles. The number of hydrogen-bond donors (Lipinski definition) is 1. The van der Waals surface area contributed by atoms with E-state index in [1.54, 1.807) is 44.7 Å². The first-order valence-electron chi connectivity index (χ1n) is 11.9. The molecule has 0 unspecified atom stereocenters. The van der Waals surface area contributed by atoms with Crippen LogP contribution in [0.25, 0.3) is 10.9 Å². The maximum absolute atomic E-state index is 13.0. The van der Waals surface area contributed by atoms with Gasteiger partial charge < -0.3 is 14.2 Å². The van der Waals surface area contributed by atoms with Crippen molar-refractivity contribution in [1.29, 1.82) is 0 Å². The number of hydrogen-bond acceptors (Lipinski definition) is 6. The predicted molar refractivity (Wildman–Crippen MR) is 148 cm³/mol. The summed E-state index contributed by atoms with van der Waals surface area (Å²) in [5.41, 5.74) is 3.37. The summed E-state index contributed by atoms with van der Waals surface area (Å²) in [5, 5.41) is 0.965. The topological polar surface area (TPSA) is 86.8 Å². The highest BCUT2D eigenvalue weighted by Gasteiger charge is 2.16. The van der Waals surface area contributed by atoms with Gasteiger partial charge in [0.25, 0.3) is 10.0 Å². The van der Waals surface area contributed by atoms with E-state index in [2.05, 4.69) is 9.71 Å². The van der Waals surface area contributed by atoms with Crippen LogP contribution in [-0.4, -0.2) is 27.6 Å². The fourth-order valence-electron chi connectivity index (χ4n) is 4.14. The minimum Gasteiger partial charge on any atom is -0.493 e. The van der Waals surface area contributed by atoms with E-state index in [0.717, 1.165) is 22.0 Å². The van der Waals surface area contributed by atoms with Gasteiger partial charge in [-0.15, -0.1) is 0 Å². The lowest BCUT2D eigenvalue weighted by Crippen LogP contribution is -2.13. The largest absolute Gasteiger partial charge is 0.493 e. The molecule has 0 amide bonds. The highest BCUT2D eigenvalue weighted by Crippen LogP contribution is 2.33. The van der Waals surface area contributed by atoms with Gasteiger partial charge in [-0.05, 0) is 66.1 Å². The van der Waals surface area contributed by atoms with E-state index in [1.165, 1.54) is 12.1 Å². The van der Waals surface area contributed by atoms with Crippen molar-refractivity contribution >= 4 is 26.6 Å². The molecule has 0 aliphatic rings. The molecule has 5 aromatic rings. The van der Waals surface area contributed by atoms with Crippen LogP contribution < -0.4 is 18.9 Å². The molecule has 4 aromatic carbocycles. The van der Waals surface area contributed by atoms with Gasteiger partial charge >= 0.3 is 0 Å². The van der Waals surface area contributed by atoms with Crippen molar-refractivity contribution in [1.82, 2.24) is 4.98 Å². The van der Waals surface area contributed by atoms with Crippen LogP contribution in [0.15, 0.2) is 108 Å². The van der Waals surface area contributed by atoms with Crippen LogP contribution >= 0.6 is 0 Å². The van der Waals surface area contributed by atoms with Crippen molar-refractivity contribution in [3.63, 3.8) is 0 Å². The van der Waals surface area contributed by atoms with Gasteiger partial charge in [-0.3, -0.25) is 9.71 Å². The van der Waals surface area contributed by atoms with Crippen LogP contribution in [0, 0.1) is 0 Å². The zero-order chi connectivity index (χ0) is 26.5. The number of nitrogens with one attached hydrogen (secondary N) is 1. The van der Waals surface area contributed by atoms with Crippen LogP contribution in [-0.2, 0) is 16.4 Å². The molecular weight excluding hydrogens is 500 g/mol. The van der Waals surface area contributed by atoms with E-state index in [1.807, 2.05) is 60.7 Å². The van der Waals surface area contributed by atoms with Crippen LogP contribution in [0.4, 0.5) is 5.69 Å². The molecule has 0 saturated heterocycles. The zero-order valence-electron chi connectivity index (χ0n) is 20.9. The van der Waals surface area contributed by atoms with Gasteiger partial charge in [0.1, 0.15) is 11.5 Å². The van der Waals surface area contributed by atoms with Gasteiger partial charge in [0.15, 0.2) is 11.5 Å². The average molecular weight is 527 g/mol. The summed E-state index contributed by atoms with van der Waals surface area (Å²) in [4.78, 5) is 4.57. The fourth-order valence-corrected chi connectivity index (χ4v) is 5.23. The maximum Gasteiger partial charge on any atom is 0.262 e. The first-order chi connectivity index (χ1) is 18.4. The molecule has 0 atom stereocenters. The molecule has 0 aliphatic heterocycles. The lowest BCUT2D eigenvalue weighted by Gasteiger charge is -2.12. The number of fused-ring (bicyclic) bond motifs is 1. The second kappa shape index (κ2) is 10.8. The average Bonchev–Trinajstić information content (AvgIpc) is 2.94. The van der Waals surface area contributed by atoms with E-state index in [0.29, 0.717) is 35.1 Å². The van der Waals surface area contributed by atoms with E-state index in [-0.39, 0.29) is 4.90 Å². The molecule has 7 nitrogen and oxygen atoms in total. The summed E-state index contributed by atoms with van der Waals surface area (Å²) >= 11 is 0. The van der Waals surface area contributed by atoms with Crippen LogP contribution in [0.3, 0.4) is 0 Å². The molecule has 5 rings (SSSR count). The third-order valence-electron chi connectivity index (χ3n) is 6.03.